The van der Waals surface area contributed by atoms with Crippen molar-refractivity contribution in [3.05, 3.63) is 23.8 Å². The number of benzene rings is 1. The van der Waals surface area contributed by atoms with Gasteiger partial charge >= 0.3 is 0 Å². The first-order valence-electron chi connectivity index (χ1n) is 5.45. The van der Waals surface area contributed by atoms with E-state index in [2.05, 4.69) is 5.32 Å². The smallest absolute Gasteiger partial charge is 0.231 e. The fourth-order valence-corrected chi connectivity index (χ4v) is 1.59. The number of hydrogen-bond donors (Lipinski definition) is 1. The fraction of sp³-hybridized carbons (Fsp3) is 0.417. The van der Waals surface area contributed by atoms with Crippen LogP contribution in [0.15, 0.2) is 18.2 Å². The standard InChI is InChI=1S/C12H15NO3/c1-2-13-6-5-10(14)9-3-4-11-12(7-9)16-8-15-11/h3-4,7,13H,2,5-6,8H2,1H3. The largest absolute Gasteiger partial charge is 0.454 e. The van der Waals surface area contributed by atoms with Crippen molar-refractivity contribution in [3.8, 4) is 11.5 Å². The molecular weight excluding hydrogens is 206 g/mol. The maximum absolute atomic E-state index is 11.8. The number of ketones is 1. The maximum Gasteiger partial charge on any atom is 0.231 e. The van der Waals surface area contributed by atoms with Crippen molar-refractivity contribution in [3.63, 3.8) is 0 Å². The molecule has 1 aliphatic rings. The summed E-state index contributed by atoms with van der Waals surface area (Å²) in [6.07, 6.45) is 0.507. The van der Waals surface area contributed by atoms with Crippen LogP contribution in [0, 0.1) is 0 Å². The van der Waals surface area contributed by atoms with Crippen molar-refractivity contribution in [1.29, 1.82) is 0 Å². The molecule has 0 radical (unpaired) electrons. The molecule has 0 aromatic heterocycles. The second-order valence-corrected chi connectivity index (χ2v) is 3.59. The molecule has 16 heavy (non-hydrogen) atoms. The van der Waals surface area contributed by atoms with Crippen LogP contribution in [0.1, 0.15) is 23.7 Å². The molecule has 1 heterocycles. The Hall–Kier alpha value is -1.55. The summed E-state index contributed by atoms with van der Waals surface area (Å²) in [5.41, 5.74) is 0.683. The third-order valence-electron chi connectivity index (χ3n) is 2.47. The number of ether oxygens (including phenoxy) is 2. The molecule has 0 amide bonds. The van der Waals surface area contributed by atoms with Crippen LogP contribution in [0.3, 0.4) is 0 Å². The monoisotopic (exact) mass is 221 g/mol. The van der Waals surface area contributed by atoms with Gasteiger partial charge in [-0.05, 0) is 24.7 Å². The first-order chi connectivity index (χ1) is 7.81. The predicted octanol–water partition coefficient (Wildman–Crippen LogP) is 1.60. The third-order valence-corrected chi connectivity index (χ3v) is 2.47. The van der Waals surface area contributed by atoms with Gasteiger partial charge < -0.3 is 14.8 Å². The van der Waals surface area contributed by atoms with Crippen LogP contribution in [0.25, 0.3) is 0 Å². The third kappa shape index (κ3) is 2.33. The van der Waals surface area contributed by atoms with Gasteiger partial charge in [0.1, 0.15) is 0 Å². The van der Waals surface area contributed by atoms with Gasteiger partial charge in [0.05, 0.1) is 0 Å². The molecule has 0 aliphatic carbocycles. The van der Waals surface area contributed by atoms with Crippen molar-refractivity contribution in [2.24, 2.45) is 0 Å². The Morgan fingerprint density at radius 1 is 1.38 bits per heavy atom. The lowest BCUT2D eigenvalue weighted by molar-refractivity contribution is 0.0982. The zero-order valence-corrected chi connectivity index (χ0v) is 9.29. The van der Waals surface area contributed by atoms with Gasteiger partial charge in [-0.2, -0.15) is 0 Å². The average Bonchev–Trinajstić information content (AvgIpc) is 2.76. The van der Waals surface area contributed by atoms with E-state index in [1.807, 2.05) is 6.92 Å². The van der Waals surface area contributed by atoms with Gasteiger partial charge in [0.2, 0.25) is 6.79 Å². The fourth-order valence-electron chi connectivity index (χ4n) is 1.59. The molecule has 0 bridgehead atoms. The summed E-state index contributed by atoms with van der Waals surface area (Å²) in [6.45, 7) is 3.85. The zero-order valence-electron chi connectivity index (χ0n) is 9.29. The Labute approximate surface area is 94.6 Å². The molecule has 0 saturated carbocycles. The van der Waals surface area contributed by atoms with Gasteiger partial charge in [0.15, 0.2) is 17.3 Å². The van der Waals surface area contributed by atoms with Crippen molar-refractivity contribution < 1.29 is 14.3 Å². The summed E-state index contributed by atoms with van der Waals surface area (Å²) in [5.74, 6) is 1.50. The van der Waals surface area contributed by atoms with Gasteiger partial charge in [0, 0.05) is 18.5 Å². The minimum atomic E-state index is 0.124. The maximum atomic E-state index is 11.8. The second-order valence-electron chi connectivity index (χ2n) is 3.59. The molecule has 4 heteroatoms. The van der Waals surface area contributed by atoms with Gasteiger partial charge in [-0.3, -0.25) is 4.79 Å². The Morgan fingerprint density at radius 2 is 2.19 bits per heavy atom. The molecule has 0 atom stereocenters. The summed E-state index contributed by atoms with van der Waals surface area (Å²) in [5, 5.41) is 3.12. The van der Waals surface area contributed by atoms with Crippen LogP contribution in [0.2, 0.25) is 0 Å². The van der Waals surface area contributed by atoms with Crippen molar-refractivity contribution in [1.82, 2.24) is 5.32 Å². The molecule has 1 aromatic rings. The normalized spacial score (nSPS) is 12.8. The van der Waals surface area contributed by atoms with E-state index in [0.29, 0.717) is 30.0 Å². The quantitative estimate of drug-likeness (QED) is 0.606. The van der Waals surface area contributed by atoms with E-state index in [0.717, 1.165) is 6.54 Å². The van der Waals surface area contributed by atoms with Crippen molar-refractivity contribution >= 4 is 5.78 Å². The first kappa shape index (κ1) is 11.0. The van der Waals surface area contributed by atoms with Crippen LogP contribution in [0.5, 0.6) is 11.5 Å². The van der Waals surface area contributed by atoms with E-state index in [-0.39, 0.29) is 12.6 Å². The number of hydrogen-bond acceptors (Lipinski definition) is 4. The Balaban J connectivity index is 2.01. The first-order valence-corrected chi connectivity index (χ1v) is 5.45. The molecule has 2 rings (SSSR count). The molecule has 1 aromatic carbocycles. The number of rotatable bonds is 5. The lowest BCUT2D eigenvalue weighted by Gasteiger charge is -2.03. The van der Waals surface area contributed by atoms with E-state index in [4.69, 9.17) is 9.47 Å². The van der Waals surface area contributed by atoms with E-state index in [1.54, 1.807) is 18.2 Å². The van der Waals surface area contributed by atoms with Crippen LogP contribution in [0.4, 0.5) is 0 Å². The lowest BCUT2D eigenvalue weighted by atomic mass is 10.1. The van der Waals surface area contributed by atoms with Gasteiger partial charge in [0.25, 0.3) is 0 Å². The summed E-state index contributed by atoms with van der Waals surface area (Å²) in [6, 6.07) is 5.31. The number of carbonyl (C=O) groups is 1. The molecule has 0 saturated heterocycles. The number of Topliss-reactive ketones (excluding diaryl/α,β-unsaturated/α-hetero) is 1. The van der Waals surface area contributed by atoms with Gasteiger partial charge in [-0.1, -0.05) is 6.92 Å². The van der Waals surface area contributed by atoms with Gasteiger partial charge in [-0.15, -0.1) is 0 Å². The summed E-state index contributed by atoms with van der Waals surface area (Å²) in [7, 11) is 0. The summed E-state index contributed by atoms with van der Waals surface area (Å²) in [4.78, 5) is 11.8. The topological polar surface area (TPSA) is 47.6 Å². The molecule has 0 fully saturated rings. The summed E-state index contributed by atoms with van der Waals surface area (Å²) >= 11 is 0. The molecule has 1 N–H and O–H groups in total. The highest BCUT2D eigenvalue weighted by Crippen LogP contribution is 2.32. The number of nitrogens with one attached hydrogen (secondary N) is 1. The molecule has 1 aliphatic heterocycles. The highest BCUT2D eigenvalue weighted by atomic mass is 16.7. The summed E-state index contributed by atoms with van der Waals surface area (Å²) < 4.78 is 10.4. The Bertz CT molecular complexity index is 390. The minimum Gasteiger partial charge on any atom is -0.454 e. The van der Waals surface area contributed by atoms with E-state index in [9.17, 15) is 4.79 Å². The van der Waals surface area contributed by atoms with Crippen LogP contribution in [-0.4, -0.2) is 25.7 Å². The predicted molar refractivity (Wildman–Crippen MR) is 60.1 cm³/mol. The highest BCUT2D eigenvalue weighted by Gasteiger charge is 2.15. The van der Waals surface area contributed by atoms with E-state index < -0.39 is 0 Å². The van der Waals surface area contributed by atoms with Crippen LogP contribution < -0.4 is 14.8 Å². The SMILES string of the molecule is CCNCCC(=O)c1ccc2c(c1)OCO2. The zero-order chi connectivity index (χ0) is 11.4. The molecule has 4 nitrogen and oxygen atoms in total. The Kier molecular flexibility index (Phi) is 3.41. The molecule has 0 spiro atoms. The molecule has 86 valence electrons. The van der Waals surface area contributed by atoms with Crippen molar-refractivity contribution in [2.75, 3.05) is 19.9 Å². The number of carbonyl (C=O) groups excluding carboxylic acids is 1. The lowest BCUT2D eigenvalue weighted by Crippen LogP contribution is -2.17. The van der Waals surface area contributed by atoms with E-state index >= 15 is 0 Å². The van der Waals surface area contributed by atoms with Crippen LogP contribution >= 0.6 is 0 Å². The van der Waals surface area contributed by atoms with Crippen LogP contribution in [-0.2, 0) is 0 Å². The Morgan fingerprint density at radius 3 is 3.00 bits per heavy atom. The molecule has 0 unspecified atom stereocenters. The van der Waals surface area contributed by atoms with Crippen molar-refractivity contribution in [2.45, 2.75) is 13.3 Å². The van der Waals surface area contributed by atoms with E-state index in [1.165, 1.54) is 0 Å². The molecular formula is C12H15NO3. The highest BCUT2D eigenvalue weighted by molar-refractivity contribution is 5.96. The second kappa shape index (κ2) is 4.99. The number of fused-ring (bicyclic) bond motifs is 1. The average molecular weight is 221 g/mol. The van der Waals surface area contributed by atoms with Gasteiger partial charge in [-0.25, -0.2) is 0 Å². The minimum absolute atomic E-state index is 0.124.